The predicted octanol–water partition coefficient (Wildman–Crippen LogP) is 3.83. The molecule has 0 bridgehead atoms. The third-order valence-electron chi connectivity index (χ3n) is 3.91. The van der Waals surface area contributed by atoms with Gasteiger partial charge in [-0.25, -0.2) is 14.1 Å². The molecule has 4 aromatic rings. The van der Waals surface area contributed by atoms with Crippen molar-refractivity contribution in [3.05, 3.63) is 65.7 Å². The number of aromatic nitrogens is 4. The van der Waals surface area contributed by atoms with Gasteiger partial charge in [-0.2, -0.15) is 0 Å². The number of benzene rings is 2. The van der Waals surface area contributed by atoms with E-state index in [1.807, 2.05) is 31.2 Å². The van der Waals surface area contributed by atoms with Gasteiger partial charge in [0.25, 0.3) is 5.91 Å². The quantitative estimate of drug-likeness (QED) is 0.595. The van der Waals surface area contributed by atoms with Crippen LogP contribution in [0.1, 0.15) is 23.1 Å². The van der Waals surface area contributed by atoms with Crippen LogP contribution in [0.2, 0.25) is 0 Å². The lowest BCUT2D eigenvalue weighted by molar-refractivity contribution is 0.102. The van der Waals surface area contributed by atoms with Gasteiger partial charge in [-0.1, -0.05) is 47.7 Å². The maximum atomic E-state index is 14.1. The molecule has 130 valence electrons. The molecular formula is C18H14FN5OS. The molecule has 8 heteroatoms. The zero-order valence-corrected chi connectivity index (χ0v) is 14.6. The van der Waals surface area contributed by atoms with Gasteiger partial charge in [-0.3, -0.25) is 10.1 Å². The van der Waals surface area contributed by atoms with Gasteiger partial charge in [0.2, 0.25) is 0 Å². The van der Waals surface area contributed by atoms with Crippen molar-refractivity contribution in [2.75, 3.05) is 5.32 Å². The predicted molar refractivity (Wildman–Crippen MR) is 98.3 cm³/mol. The SMILES string of the molecule is CCc1c(C(=O)Nc2nc3ccccc3s2)nnn1-c1ccccc1F. The Labute approximate surface area is 152 Å². The number of anilines is 1. The average Bonchev–Trinajstić information content (AvgIpc) is 3.25. The summed E-state index contributed by atoms with van der Waals surface area (Å²) >= 11 is 1.38. The molecule has 2 heterocycles. The second-order valence-corrected chi connectivity index (χ2v) is 6.57. The first-order valence-electron chi connectivity index (χ1n) is 8.03. The highest BCUT2D eigenvalue weighted by atomic mass is 32.1. The molecule has 2 aromatic carbocycles. The van der Waals surface area contributed by atoms with Crippen LogP contribution in [0, 0.1) is 5.82 Å². The fraction of sp³-hybridized carbons (Fsp3) is 0.111. The van der Waals surface area contributed by atoms with Crippen molar-refractivity contribution < 1.29 is 9.18 Å². The van der Waals surface area contributed by atoms with Gasteiger partial charge >= 0.3 is 0 Å². The van der Waals surface area contributed by atoms with Crippen LogP contribution in [0.25, 0.3) is 15.9 Å². The molecule has 0 aliphatic rings. The van der Waals surface area contributed by atoms with Crippen LogP contribution in [0.5, 0.6) is 0 Å². The highest BCUT2D eigenvalue weighted by Crippen LogP contribution is 2.26. The van der Waals surface area contributed by atoms with Crippen LogP contribution in [0.4, 0.5) is 9.52 Å². The van der Waals surface area contributed by atoms with Gasteiger partial charge in [0, 0.05) is 0 Å². The summed E-state index contributed by atoms with van der Waals surface area (Å²) in [6.07, 6.45) is 0.476. The molecule has 0 spiro atoms. The lowest BCUT2D eigenvalue weighted by Crippen LogP contribution is -2.15. The minimum Gasteiger partial charge on any atom is -0.296 e. The Morgan fingerprint density at radius 1 is 1.19 bits per heavy atom. The van der Waals surface area contributed by atoms with E-state index in [4.69, 9.17) is 0 Å². The molecule has 2 aromatic heterocycles. The summed E-state index contributed by atoms with van der Waals surface area (Å²) < 4.78 is 16.4. The highest BCUT2D eigenvalue weighted by Gasteiger charge is 2.21. The minimum atomic E-state index is -0.426. The number of fused-ring (bicyclic) bond motifs is 1. The number of carbonyl (C=O) groups is 1. The van der Waals surface area contributed by atoms with Crippen LogP contribution >= 0.6 is 11.3 Å². The van der Waals surface area contributed by atoms with E-state index in [0.717, 1.165) is 10.2 Å². The molecule has 0 saturated carbocycles. The molecule has 4 rings (SSSR count). The number of carbonyl (C=O) groups excluding carboxylic acids is 1. The van der Waals surface area contributed by atoms with E-state index in [1.54, 1.807) is 18.2 Å². The molecular weight excluding hydrogens is 353 g/mol. The summed E-state index contributed by atoms with van der Waals surface area (Å²) in [7, 11) is 0. The molecule has 0 fully saturated rings. The summed E-state index contributed by atoms with van der Waals surface area (Å²) in [5.41, 5.74) is 1.78. The van der Waals surface area contributed by atoms with E-state index in [9.17, 15) is 9.18 Å². The van der Waals surface area contributed by atoms with Crippen molar-refractivity contribution in [2.45, 2.75) is 13.3 Å². The molecule has 0 aliphatic heterocycles. The number of nitrogens with zero attached hydrogens (tertiary/aromatic N) is 4. The standard InChI is InChI=1S/C18H14FN5OS/c1-2-13-16(22-23-24(13)14-9-5-3-7-11(14)19)17(25)21-18-20-12-8-4-6-10-15(12)26-18/h3-10H,2H2,1H3,(H,20,21,25). The van der Waals surface area contributed by atoms with Gasteiger partial charge in [0.15, 0.2) is 10.8 Å². The first-order chi connectivity index (χ1) is 12.7. The molecule has 0 atom stereocenters. The van der Waals surface area contributed by atoms with Crippen molar-refractivity contribution in [2.24, 2.45) is 0 Å². The van der Waals surface area contributed by atoms with E-state index < -0.39 is 11.7 Å². The Morgan fingerprint density at radius 3 is 2.73 bits per heavy atom. The summed E-state index contributed by atoms with van der Waals surface area (Å²) in [5.74, 6) is -0.839. The first-order valence-corrected chi connectivity index (χ1v) is 8.85. The van der Waals surface area contributed by atoms with Crippen molar-refractivity contribution >= 4 is 32.6 Å². The van der Waals surface area contributed by atoms with Gasteiger partial charge in [-0.05, 0) is 30.7 Å². The lowest BCUT2D eigenvalue weighted by atomic mass is 10.2. The van der Waals surface area contributed by atoms with E-state index in [1.165, 1.54) is 22.1 Å². The summed E-state index contributed by atoms with van der Waals surface area (Å²) in [5, 5.41) is 11.2. The van der Waals surface area contributed by atoms with Crippen molar-refractivity contribution in [1.82, 2.24) is 20.0 Å². The van der Waals surface area contributed by atoms with Gasteiger partial charge in [-0.15, -0.1) is 5.10 Å². The first kappa shape index (κ1) is 16.3. The molecule has 0 aliphatic carbocycles. The second kappa shape index (κ2) is 6.64. The highest BCUT2D eigenvalue weighted by molar-refractivity contribution is 7.22. The molecule has 26 heavy (non-hydrogen) atoms. The van der Waals surface area contributed by atoms with Crippen molar-refractivity contribution in [3.63, 3.8) is 0 Å². The number of amides is 1. The van der Waals surface area contributed by atoms with Gasteiger partial charge in [0.05, 0.1) is 15.9 Å². The summed E-state index contributed by atoms with van der Waals surface area (Å²) in [6.45, 7) is 1.87. The number of nitrogens with one attached hydrogen (secondary N) is 1. The Balaban J connectivity index is 1.67. The van der Waals surface area contributed by atoms with Gasteiger partial charge in [0.1, 0.15) is 11.5 Å². The molecule has 0 unspecified atom stereocenters. The van der Waals surface area contributed by atoms with E-state index in [2.05, 4.69) is 20.6 Å². The Bertz CT molecular complexity index is 1070. The smallest absolute Gasteiger partial charge is 0.279 e. The second-order valence-electron chi connectivity index (χ2n) is 5.54. The van der Waals surface area contributed by atoms with Crippen molar-refractivity contribution in [3.8, 4) is 5.69 Å². The van der Waals surface area contributed by atoms with E-state index in [0.29, 0.717) is 17.2 Å². The third-order valence-corrected chi connectivity index (χ3v) is 4.86. The number of halogens is 1. The number of hydrogen-bond donors (Lipinski definition) is 1. The molecule has 1 amide bonds. The Kier molecular flexibility index (Phi) is 4.18. The Morgan fingerprint density at radius 2 is 1.96 bits per heavy atom. The van der Waals surface area contributed by atoms with Crippen LogP contribution in [0.3, 0.4) is 0 Å². The van der Waals surface area contributed by atoms with Gasteiger partial charge < -0.3 is 0 Å². The van der Waals surface area contributed by atoms with Crippen LogP contribution in [0.15, 0.2) is 48.5 Å². The number of rotatable bonds is 4. The largest absolute Gasteiger partial charge is 0.296 e. The molecule has 0 saturated heterocycles. The normalized spacial score (nSPS) is 11.0. The van der Waals surface area contributed by atoms with Crippen molar-refractivity contribution in [1.29, 1.82) is 0 Å². The van der Waals surface area contributed by atoms with E-state index >= 15 is 0 Å². The maximum absolute atomic E-state index is 14.1. The fourth-order valence-electron chi connectivity index (χ4n) is 2.69. The number of hydrogen-bond acceptors (Lipinski definition) is 5. The van der Waals surface area contributed by atoms with Crippen LogP contribution in [-0.2, 0) is 6.42 Å². The Hall–Kier alpha value is -3.13. The molecule has 0 radical (unpaired) electrons. The number of thiazole rings is 1. The lowest BCUT2D eigenvalue weighted by Gasteiger charge is -2.06. The molecule has 6 nitrogen and oxygen atoms in total. The topological polar surface area (TPSA) is 72.7 Å². The maximum Gasteiger partial charge on any atom is 0.279 e. The average molecular weight is 367 g/mol. The zero-order chi connectivity index (χ0) is 18.1. The van der Waals surface area contributed by atoms with Crippen LogP contribution < -0.4 is 5.32 Å². The summed E-state index contributed by atoms with van der Waals surface area (Å²) in [6, 6.07) is 13.9. The summed E-state index contributed by atoms with van der Waals surface area (Å²) in [4.78, 5) is 17.0. The molecule has 1 N–H and O–H groups in total. The minimum absolute atomic E-state index is 0.162. The number of para-hydroxylation sites is 2. The zero-order valence-electron chi connectivity index (χ0n) is 13.8. The fourth-order valence-corrected chi connectivity index (χ4v) is 3.56. The van der Waals surface area contributed by atoms with Crippen LogP contribution in [-0.4, -0.2) is 25.9 Å². The van der Waals surface area contributed by atoms with E-state index in [-0.39, 0.29) is 11.4 Å². The third kappa shape index (κ3) is 2.84. The monoisotopic (exact) mass is 367 g/mol.